The Morgan fingerprint density at radius 1 is 1.08 bits per heavy atom. The molecule has 1 aliphatic heterocycles. The standard InChI is InChI=1S/C26H28ClN5O4/c27-21-7-8-22(33)32(17-21)23(24(34)19-5-2-1-3-6-19)26(36)31-14-9-20(10-15-31)25(35)29-11-4-13-30-16-12-28-18-30/h1-3,5-8,12,16-18,20,23H,4,9-11,13-15H2,(H,29,35). The van der Waals surface area contributed by atoms with E-state index in [1.54, 1.807) is 47.8 Å². The highest BCUT2D eigenvalue weighted by atomic mass is 35.5. The number of benzene rings is 1. The molecule has 1 atom stereocenters. The third-order valence-corrected chi connectivity index (χ3v) is 6.57. The molecule has 1 fully saturated rings. The third kappa shape index (κ3) is 6.09. The highest BCUT2D eigenvalue weighted by Crippen LogP contribution is 2.23. The Hall–Kier alpha value is -3.72. The molecule has 0 bridgehead atoms. The molecule has 1 unspecified atom stereocenters. The van der Waals surface area contributed by atoms with Gasteiger partial charge in [0.1, 0.15) is 0 Å². The first-order valence-corrected chi connectivity index (χ1v) is 12.3. The molecule has 36 heavy (non-hydrogen) atoms. The van der Waals surface area contributed by atoms with E-state index < -0.39 is 23.3 Å². The van der Waals surface area contributed by atoms with Gasteiger partial charge in [-0.05, 0) is 25.3 Å². The first-order valence-electron chi connectivity index (χ1n) is 11.9. The lowest BCUT2D eigenvalue weighted by molar-refractivity contribution is -0.137. The average molecular weight is 510 g/mol. The summed E-state index contributed by atoms with van der Waals surface area (Å²) >= 11 is 6.09. The molecule has 1 saturated heterocycles. The molecular weight excluding hydrogens is 482 g/mol. The maximum atomic E-state index is 13.6. The molecule has 1 aromatic carbocycles. The van der Waals surface area contributed by atoms with E-state index in [9.17, 15) is 19.2 Å². The van der Waals surface area contributed by atoms with Crippen LogP contribution in [0.3, 0.4) is 0 Å². The Morgan fingerprint density at radius 3 is 2.53 bits per heavy atom. The molecule has 2 amide bonds. The number of carbonyl (C=O) groups excluding carboxylic acids is 3. The van der Waals surface area contributed by atoms with Gasteiger partial charge in [-0.15, -0.1) is 0 Å². The summed E-state index contributed by atoms with van der Waals surface area (Å²) in [6, 6.07) is 9.70. The largest absolute Gasteiger partial charge is 0.356 e. The number of nitrogens with zero attached hydrogens (tertiary/aromatic N) is 4. The Bertz CT molecular complexity index is 1250. The molecule has 2 aromatic heterocycles. The number of carbonyl (C=O) groups is 3. The van der Waals surface area contributed by atoms with E-state index in [-0.39, 0.29) is 16.8 Å². The number of amides is 2. The maximum absolute atomic E-state index is 13.6. The molecule has 0 radical (unpaired) electrons. The van der Waals surface area contributed by atoms with Crippen LogP contribution in [0.1, 0.15) is 35.7 Å². The van der Waals surface area contributed by atoms with Crippen molar-refractivity contribution in [1.82, 2.24) is 24.3 Å². The zero-order valence-corrected chi connectivity index (χ0v) is 20.5. The van der Waals surface area contributed by atoms with Crippen molar-refractivity contribution in [2.45, 2.75) is 31.8 Å². The van der Waals surface area contributed by atoms with Crippen molar-refractivity contribution in [3.63, 3.8) is 0 Å². The average Bonchev–Trinajstić information content (AvgIpc) is 3.43. The van der Waals surface area contributed by atoms with Crippen LogP contribution < -0.4 is 10.9 Å². The monoisotopic (exact) mass is 509 g/mol. The molecule has 1 N–H and O–H groups in total. The van der Waals surface area contributed by atoms with Gasteiger partial charge in [-0.2, -0.15) is 0 Å². The summed E-state index contributed by atoms with van der Waals surface area (Å²) in [7, 11) is 0. The molecule has 0 spiro atoms. The highest BCUT2D eigenvalue weighted by molar-refractivity contribution is 6.30. The minimum Gasteiger partial charge on any atom is -0.356 e. The molecular formula is C26H28ClN5O4. The Labute approximate surface area is 213 Å². The van der Waals surface area contributed by atoms with E-state index >= 15 is 0 Å². The lowest BCUT2D eigenvalue weighted by Crippen LogP contribution is -2.48. The number of hydrogen-bond acceptors (Lipinski definition) is 5. The van der Waals surface area contributed by atoms with Crippen LogP contribution in [-0.4, -0.2) is 56.2 Å². The van der Waals surface area contributed by atoms with Gasteiger partial charge in [0.25, 0.3) is 11.5 Å². The van der Waals surface area contributed by atoms with E-state index in [1.807, 2.05) is 10.8 Å². The van der Waals surface area contributed by atoms with Crippen molar-refractivity contribution < 1.29 is 14.4 Å². The second kappa shape index (κ2) is 11.8. The maximum Gasteiger partial charge on any atom is 0.253 e. The van der Waals surface area contributed by atoms with Gasteiger partial charge in [-0.1, -0.05) is 41.9 Å². The molecule has 3 aromatic rings. The first kappa shape index (κ1) is 25.4. The summed E-state index contributed by atoms with van der Waals surface area (Å²) in [4.78, 5) is 57.7. The number of halogens is 1. The van der Waals surface area contributed by atoms with Crippen LogP contribution in [0.25, 0.3) is 0 Å². The summed E-state index contributed by atoms with van der Waals surface area (Å²) in [5.41, 5.74) is -0.167. The van der Waals surface area contributed by atoms with E-state index in [2.05, 4.69) is 10.3 Å². The fourth-order valence-electron chi connectivity index (χ4n) is 4.37. The number of Topliss-reactive ketones (excluding diaryl/α,β-unsaturated/α-hetero) is 1. The predicted molar refractivity (Wildman–Crippen MR) is 135 cm³/mol. The Morgan fingerprint density at radius 2 is 1.83 bits per heavy atom. The van der Waals surface area contributed by atoms with Gasteiger partial charge >= 0.3 is 0 Å². The smallest absolute Gasteiger partial charge is 0.253 e. The Kier molecular flexibility index (Phi) is 8.32. The van der Waals surface area contributed by atoms with Crippen LogP contribution in [0.5, 0.6) is 0 Å². The number of ketones is 1. The summed E-state index contributed by atoms with van der Waals surface area (Å²) in [6.45, 7) is 1.97. The van der Waals surface area contributed by atoms with E-state index in [1.165, 1.54) is 18.3 Å². The van der Waals surface area contributed by atoms with Crippen molar-refractivity contribution in [3.8, 4) is 0 Å². The van der Waals surface area contributed by atoms with Gasteiger partial charge in [-0.3, -0.25) is 23.7 Å². The molecule has 4 rings (SSSR count). The Balaban J connectivity index is 1.40. The van der Waals surface area contributed by atoms with Crippen molar-refractivity contribution >= 4 is 29.2 Å². The van der Waals surface area contributed by atoms with Crippen LogP contribution >= 0.6 is 11.6 Å². The fourth-order valence-corrected chi connectivity index (χ4v) is 4.54. The third-order valence-electron chi connectivity index (χ3n) is 6.35. The number of piperidine rings is 1. The van der Waals surface area contributed by atoms with Crippen molar-refractivity contribution in [2.75, 3.05) is 19.6 Å². The SMILES string of the molecule is O=C(NCCCn1ccnc1)C1CCN(C(=O)C(C(=O)c2ccccc2)n2cc(Cl)ccc2=O)CC1. The van der Waals surface area contributed by atoms with Crippen LogP contribution in [0.2, 0.25) is 5.02 Å². The minimum atomic E-state index is -1.37. The molecule has 188 valence electrons. The minimum absolute atomic E-state index is 0.0318. The summed E-state index contributed by atoms with van der Waals surface area (Å²) < 4.78 is 3.05. The van der Waals surface area contributed by atoms with Crippen LogP contribution in [0, 0.1) is 5.92 Å². The lowest BCUT2D eigenvalue weighted by Gasteiger charge is -2.33. The van der Waals surface area contributed by atoms with Gasteiger partial charge in [0.15, 0.2) is 11.8 Å². The number of nitrogens with one attached hydrogen (secondary N) is 1. The normalized spacial score (nSPS) is 14.9. The number of hydrogen-bond donors (Lipinski definition) is 1. The van der Waals surface area contributed by atoms with Crippen molar-refractivity contribution in [2.24, 2.45) is 5.92 Å². The topological polar surface area (TPSA) is 106 Å². The molecule has 10 heteroatoms. The highest BCUT2D eigenvalue weighted by Gasteiger charge is 2.36. The molecule has 3 heterocycles. The van der Waals surface area contributed by atoms with Gasteiger partial charge in [0.05, 0.1) is 11.3 Å². The number of imidazole rings is 1. The van der Waals surface area contributed by atoms with Crippen LogP contribution in [0.15, 0.2) is 72.2 Å². The van der Waals surface area contributed by atoms with Gasteiger partial charge < -0.3 is 14.8 Å². The molecule has 9 nitrogen and oxygen atoms in total. The van der Waals surface area contributed by atoms with Crippen molar-refractivity contribution in [3.05, 3.63) is 88.3 Å². The van der Waals surface area contributed by atoms with Crippen LogP contribution in [0.4, 0.5) is 0 Å². The number of aromatic nitrogens is 3. The van der Waals surface area contributed by atoms with Crippen LogP contribution in [-0.2, 0) is 16.1 Å². The molecule has 0 aliphatic carbocycles. The van der Waals surface area contributed by atoms with E-state index in [0.29, 0.717) is 38.0 Å². The van der Waals surface area contributed by atoms with Crippen molar-refractivity contribution in [1.29, 1.82) is 0 Å². The first-order chi connectivity index (χ1) is 17.4. The lowest BCUT2D eigenvalue weighted by atomic mass is 9.94. The number of pyridine rings is 1. The van der Waals surface area contributed by atoms with E-state index in [4.69, 9.17) is 11.6 Å². The van der Waals surface area contributed by atoms with Gasteiger partial charge in [-0.25, -0.2) is 4.98 Å². The zero-order chi connectivity index (χ0) is 25.5. The second-order valence-electron chi connectivity index (χ2n) is 8.77. The molecule has 1 aliphatic rings. The quantitative estimate of drug-likeness (QED) is 0.271. The van der Waals surface area contributed by atoms with E-state index in [0.717, 1.165) is 17.5 Å². The van der Waals surface area contributed by atoms with Gasteiger partial charge in [0, 0.05) is 62.3 Å². The number of likely N-dealkylation sites (tertiary alicyclic amines) is 1. The second-order valence-corrected chi connectivity index (χ2v) is 9.21. The number of rotatable bonds is 9. The number of aryl methyl sites for hydroxylation is 1. The zero-order valence-electron chi connectivity index (χ0n) is 19.8. The summed E-state index contributed by atoms with van der Waals surface area (Å²) in [5.74, 6) is -1.20. The summed E-state index contributed by atoms with van der Waals surface area (Å²) in [5, 5.41) is 3.22. The summed E-state index contributed by atoms with van der Waals surface area (Å²) in [6.07, 6.45) is 8.40. The molecule has 0 saturated carbocycles. The van der Waals surface area contributed by atoms with Gasteiger partial charge in [0.2, 0.25) is 5.91 Å². The predicted octanol–water partition coefficient (Wildman–Crippen LogP) is 2.57. The fraction of sp³-hybridized carbons (Fsp3) is 0.346.